The number of thiazole rings is 1. The first-order chi connectivity index (χ1) is 10.3. The van der Waals surface area contributed by atoms with Crippen molar-refractivity contribution in [3.8, 4) is 0 Å². The van der Waals surface area contributed by atoms with E-state index in [4.69, 9.17) is 17.4 Å². The van der Waals surface area contributed by atoms with E-state index in [-0.39, 0.29) is 6.04 Å². The summed E-state index contributed by atoms with van der Waals surface area (Å²) >= 11 is 9.50. The summed E-state index contributed by atoms with van der Waals surface area (Å²) in [7, 11) is 0. The summed E-state index contributed by atoms with van der Waals surface area (Å²) in [5.74, 6) is 6.50. The number of rotatable bonds is 6. The van der Waals surface area contributed by atoms with Crippen LogP contribution in [-0.4, -0.2) is 21.2 Å². The number of imidazole rings is 1. The molecule has 2 aromatic heterocycles. The van der Waals surface area contributed by atoms with Gasteiger partial charge in [-0.25, -0.2) is 4.98 Å². The summed E-state index contributed by atoms with van der Waals surface area (Å²) in [4.78, 5) is 6.67. The van der Waals surface area contributed by atoms with Gasteiger partial charge in [-0.15, -0.1) is 23.1 Å². The Morgan fingerprint density at radius 3 is 3.05 bits per heavy atom. The molecule has 1 aromatic carbocycles. The number of hydrazine groups is 1. The molecule has 0 aliphatic rings. The Bertz CT molecular complexity index is 696. The minimum Gasteiger partial charge on any atom is -0.297 e. The second kappa shape index (κ2) is 6.81. The fraction of sp³-hybridized carbons (Fsp3) is 0.214. The van der Waals surface area contributed by atoms with Gasteiger partial charge in [0.25, 0.3) is 0 Å². The Hall–Kier alpha value is -1.05. The quantitative estimate of drug-likeness (QED) is 0.411. The van der Waals surface area contributed by atoms with Gasteiger partial charge in [0.2, 0.25) is 0 Å². The van der Waals surface area contributed by atoms with Gasteiger partial charge >= 0.3 is 0 Å². The fourth-order valence-corrected chi connectivity index (χ4v) is 4.04. The Kier molecular flexibility index (Phi) is 4.82. The normalized spacial score (nSPS) is 12.9. The third-order valence-corrected chi connectivity index (χ3v) is 5.56. The molecule has 2 heterocycles. The Labute approximate surface area is 136 Å². The number of nitrogens with zero attached hydrogens (tertiary/aromatic N) is 2. The van der Waals surface area contributed by atoms with Crippen molar-refractivity contribution in [1.29, 1.82) is 0 Å². The van der Waals surface area contributed by atoms with Crippen LogP contribution in [0.3, 0.4) is 0 Å². The van der Waals surface area contributed by atoms with Crippen LogP contribution >= 0.6 is 34.7 Å². The molecule has 3 aromatic rings. The molecule has 0 saturated heterocycles. The van der Waals surface area contributed by atoms with E-state index >= 15 is 0 Å². The third kappa shape index (κ3) is 3.59. The highest BCUT2D eigenvalue weighted by Crippen LogP contribution is 2.27. The molecule has 7 heteroatoms. The van der Waals surface area contributed by atoms with Crippen LogP contribution in [0.4, 0.5) is 0 Å². The number of thioether (sulfide) groups is 1. The molecule has 1 atom stereocenters. The van der Waals surface area contributed by atoms with Gasteiger partial charge in [-0.05, 0) is 12.1 Å². The number of fused-ring (bicyclic) bond motifs is 1. The van der Waals surface area contributed by atoms with Crippen molar-refractivity contribution >= 4 is 39.7 Å². The number of aromatic nitrogens is 2. The molecule has 0 bridgehead atoms. The minimum atomic E-state index is 0.149. The minimum absolute atomic E-state index is 0.149. The standard InChI is InChI=1S/C14H15ClN4S2/c15-12-3-1-2-4-13(12)21-9-11(18-16)7-10-8-19-5-6-20-14(19)17-10/h1-6,8,11,18H,7,9,16H2. The van der Waals surface area contributed by atoms with Crippen molar-refractivity contribution in [2.45, 2.75) is 17.4 Å². The van der Waals surface area contributed by atoms with Gasteiger partial charge in [0.15, 0.2) is 4.96 Å². The van der Waals surface area contributed by atoms with Crippen molar-refractivity contribution in [1.82, 2.24) is 14.8 Å². The smallest absolute Gasteiger partial charge is 0.193 e. The fourth-order valence-electron chi connectivity index (χ4n) is 2.05. The van der Waals surface area contributed by atoms with E-state index in [1.165, 1.54) is 0 Å². The van der Waals surface area contributed by atoms with Gasteiger partial charge in [-0.2, -0.15) is 0 Å². The molecular formula is C14H15ClN4S2. The lowest BCUT2D eigenvalue weighted by Gasteiger charge is -2.14. The van der Waals surface area contributed by atoms with Crippen LogP contribution in [0, 0.1) is 0 Å². The number of halogens is 1. The van der Waals surface area contributed by atoms with Gasteiger partial charge < -0.3 is 0 Å². The van der Waals surface area contributed by atoms with Crippen LogP contribution in [0.5, 0.6) is 0 Å². The predicted molar refractivity (Wildman–Crippen MR) is 90.1 cm³/mol. The number of hydrogen-bond acceptors (Lipinski definition) is 5. The number of nitrogens with one attached hydrogen (secondary N) is 1. The maximum atomic E-state index is 6.16. The van der Waals surface area contributed by atoms with Crippen molar-refractivity contribution in [2.24, 2.45) is 5.84 Å². The summed E-state index contributed by atoms with van der Waals surface area (Å²) in [6.45, 7) is 0. The van der Waals surface area contributed by atoms with Crippen LogP contribution < -0.4 is 11.3 Å². The van der Waals surface area contributed by atoms with Gasteiger partial charge in [-0.3, -0.25) is 15.7 Å². The SMILES string of the molecule is NNC(CSc1ccccc1Cl)Cc1cn2ccsc2n1. The Morgan fingerprint density at radius 1 is 1.43 bits per heavy atom. The molecule has 4 nitrogen and oxygen atoms in total. The van der Waals surface area contributed by atoms with Gasteiger partial charge in [0.05, 0.1) is 10.7 Å². The lowest BCUT2D eigenvalue weighted by atomic mass is 10.2. The molecular weight excluding hydrogens is 324 g/mol. The van der Waals surface area contributed by atoms with E-state index < -0.39 is 0 Å². The van der Waals surface area contributed by atoms with E-state index in [2.05, 4.69) is 16.6 Å². The summed E-state index contributed by atoms with van der Waals surface area (Å²) in [6.07, 6.45) is 4.86. The first-order valence-electron chi connectivity index (χ1n) is 6.51. The van der Waals surface area contributed by atoms with Crippen molar-refractivity contribution < 1.29 is 0 Å². The Balaban J connectivity index is 1.62. The summed E-state index contributed by atoms with van der Waals surface area (Å²) in [5, 5.41) is 2.80. The highest BCUT2D eigenvalue weighted by Gasteiger charge is 2.12. The molecule has 0 aliphatic carbocycles. The second-order valence-electron chi connectivity index (χ2n) is 4.63. The third-order valence-electron chi connectivity index (χ3n) is 3.11. The first-order valence-corrected chi connectivity index (χ1v) is 8.75. The molecule has 0 fully saturated rings. The van der Waals surface area contributed by atoms with Crippen molar-refractivity contribution in [2.75, 3.05) is 5.75 Å². The second-order valence-corrected chi connectivity index (χ2v) is 6.98. The number of hydrogen-bond donors (Lipinski definition) is 2. The van der Waals surface area contributed by atoms with Gasteiger partial charge in [-0.1, -0.05) is 23.7 Å². The van der Waals surface area contributed by atoms with E-state index in [9.17, 15) is 0 Å². The molecule has 3 rings (SSSR count). The number of benzene rings is 1. The highest BCUT2D eigenvalue weighted by atomic mass is 35.5. The van der Waals surface area contributed by atoms with E-state index in [0.717, 1.165) is 32.7 Å². The van der Waals surface area contributed by atoms with Crippen molar-refractivity contribution in [3.05, 3.63) is 52.8 Å². The zero-order valence-corrected chi connectivity index (χ0v) is 13.6. The summed E-state index contributed by atoms with van der Waals surface area (Å²) < 4.78 is 2.04. The molecule has 0 spiro atoms. The lowest BCUT2D eigenvalue weighted by Crippen LogP contribution is -2.38. The van der Waals surface area contributed by atoms with Gasteiger partial charge in [0, 0.05) is 40.9 Å². The van der Waals surface area contributed by atoms with Crippen molar-refractivity contribution in [3.63, 3.8) is 0 Å². The zero-order chi connectivity index (χ0) is 14.7. The molecule has 0 saturated carbocycles. The van der Waals surface area contributed by atoms with Crippen LogP contribution in [0.15, 0.2) is 46.9 Å². The Morgan fingerprint density at radius 2 is 2.29 bits per heavy atom. The maximum absolute atomic E-state index is 6.16. The molecule has 3 N–H and O–H groups in total. The average molecular weight is 339 g/mol. The number of nitrogens with two attached hydrogens (primary N) is 1. The largest absolute Gasteiger partial charge is 0.297 e. The summed E-state index contributed by atoms with van der Waals surface area (Å²) in [5.41, 5.74) is 3.91. The van der Waals surface area contributed by atoms with E-state index in [0.29, 0.717) is 0 Å². The first kappa shape index (κ1) is 14.9. The van der Waals surface area contributed by atoms with E-state index in [1.807, 2.05) is 40.2 Å². The van der Waals surface area contributed by atoms with Crippen LogP contribution in [-0.2, 0) is 6.42 Å². The lowest BCUT2D eigenvalue weighted by molar-refractivity contribution is 0.570. The summed E-state index contributed by atoms with van der Waals surface area (Å²) in [6, 6.07) is 7.99. The highest BCUT2D eigenvalue weighted by molar-refractivity contribution is 7.99. The molecule has 1 unspecified atom stereocenters. The topological polar surface area (TPSA) is 55.3 Å². The predicted octanol–water partition coefficient (Wildman–Crippen LogP) is 3.22. The zero-order valence-electron chi connectivity index (χ0n) is 11.2. The van der Waals surface area contributed by atoms with Gasteiger partial charge in [0.1, 0.15) is 0 Å². The molecule has 0 aliphatic heterocycles. The molecule has 0 amide bonds. The van der Waals surface area contributed by atoms with E-state index in [1.54, 1.807) is 23.1 Å². The maximum Gasteiger partial charge on any atom is 0.193 e. The molecule has 0 radical (unpaired) electrons. The van der Waals surface area contributed by atoms with Crippen LogP contribution in [0.25, 0.3) is 4.96 Å². The van der Waals surface area contributed by atoms with Crippen LogP contribution in [0.2, 0.25) is 5.02 Å². The van der Waals surface area contributed by atoms with Crippen LogP contribution in [0.1, 0.15) is 5.69 Å². The molecule has 110 valence electrons. The monoisotopic (exact) mass is 338 g/mol. The average Bonchev–Trinajstić information content (AvgIpc) is 3.06. The molecule has 21 heavy (non-hydrogen) atoms.